The smallest absolute Gasteiger partial charge is 0.0630 e. The lowest BCUT2D eigenvalue weighted by molar-refractivity contribution is 0.342. The Morgan fingerprint density at radius 2 is 2.60 bits per heavy atom. The summed E-state index contributed by atoms with van der Waals surface area (Å²) in [6.45, 7) is -0.0243. The van der Waals surface area contributed by atoms with Gasteiger partial charge in [-0.05, 0) is 6.08 Å². The summed E-state index contributed by atoms with van der Waals surface area (Å²) in [7, 11) is 0. The summed E-state index contributed by atoms with van der Waals surface area (Å²) in [5.41, 5.74) is 2.11. The molecule has 0 amide bonds. The van der Waals surface area contributed by atoms with Gasteiger partial charge >= 0.3 is 0 Å². The van der Waals surface area contributed by atoms with Gasteiger partial charge < -0.3 is 5.11 Å². The van der Waals surface area contributed by atoms with Crippen LogP contribution in [-0.4, -0.2) is 11.7 Å². The summed E-state index contributed by atoms with van der Waals surface area (Å²) in [5, 5.41) is 7.86. The van der Waals surface area contributed by atoms with Crippen molar-refractivity contribution in [3.8, 4) is 0 Å². The third-order valence-corrected chi connectivity index (χ3v) is 0.323. The summed E-state index contributed by atoms with van der Waals surface area (Å²) in [4.78, 5) is 0. The van der Waals surface area contributed by atoms with E-state index < -0.39 is 0 Å². The predicted octanol–water partition coefficient (Wildman–Crippen LogP) is 0.534. The van der Waals surface area contributed by atoms with Crippen molar-refractivity contribution >= 4 is 11.6 Å². The van der Waals surface area contributed by atoms with E-state index in [9.17, 15) is 0 Å². The lowest BCUT2D eigenvalue weighted by atomic mass is 10.7. The van der Waals surface area contributed by atoms with Gasteiger partial charge in [0.25, 0.3) is 0 Å². The predicted molar refractivity (Wildman–Crippen MR) is 20.8 cm³/mol. The van der Waals surface area contributed by atoms with Crippen LogP contribution in [0.15, 0.2) is 6.08 Å². The summed E-state index contributed by atoms with van der Waals surface area (Å²) in [6, 6.07) is 0. The van der Waals surface area contributed by atoms with Crippen LogP contribution in [-0.2, 0) is 0 Å². The maximum absolute atomic E-state index is 7.86. The van der Waals surface area contributed by atoms with Gasteiger partial charge in [0.15, 0.2) is 0 Å². The molecular weight excluding hydrogens is 87.5 g/mol. The van der Waals surface area contributed by atoms with E-state index in [1.54, 1.807) is 0 Å². The van der Waals surface area contributed by atoms with Crippen molar-refractivity contribution in [2.24, 2.45) is 0 Å². The molecule has 1 radical (unpaired) electrons. The average molecular weight is 91.5 g/mol. The molecule has 5 heavy (non-hydrogen) atoms. The molecule has 1 nitrogen and oxygen atoms in total. The molecule has 0 unspecified atom stereocenters. The Hall–Kier alpha value is -0.0100. The van der Waals surface area contributed by atoms with Gasteiger partial charge in [-0.25, -0.2) is 0 Å². The quantitative estimate of drug-likeness (QED) is 0.499. The summed E-state index contributed by atoms with van der Waals surface area (Å²) in [6.07, 6.45) is 1.32. The highest BCUT2D eigenvalue weighted by atomic mass is 35.5. The average Bonchev–Trinajstić information content (AvgIpc) is 1.41. The second kappa shape index (κ2) is 3.99. The molecule has 0 bridgehead atoms. The summed E-state index contributed by atoms with van der Waals surface area (Å²) < 4.78 is 0. The van der Waals surface area contributed by atoms with Crippen LogP contribution in [0.5, 0.6) is 0 Å². The molecule has 0 aromatic carbocycles. The van der Waals surface area contributed by atoms with Crippen molar-refractivity contribution in [3.63, 3.8) is 0 Å². The Balaban J connectivity index is 2.62. The van der Waals surface area contributed by atoms with Gasteiger partial charge in [-0.2, -0.15) is 0 Å². The second-order valence-corrected chi connectivity index (χ2v) is 0.714. The number of halogens is 1. The van der Waals surface area contributed by atoms with Gasteiger partial charge in [0.05, 0.1) is 12.1 Å². The molecule has 0 saturated heterocycles. The van der Waals surface area contributed by atoms with Crippen LogP contribution in [0.1, 0.15) is 0 Å². The Morgan fingerprint density at radius 3 is 2.60 bits per heavy atom. The van der Waals surface area contributed by atoms with E-state index in [1.807, 2.05) is 0 Å². The third-order valence-electron chi connectivity index (χ3n) is 0.168. The largest absolute Gasteiger partial charge is 0.392 e. The Bertz CT molecular complexity index is 33.9. The summed E-state index contributed by atoms with van der Waals surface area (Å²) in [5.74, 6) is 0. The minimum atomic E-state index is -0.0243. The van der Waals surface area contributed by atoms with Crippen LogP contribution < -0.4 is 0 Å². The number of rotatable bonds is 1. The molecule has 0 atom stereocenters. The minimum absolute atomic E-state index is 0.0243. The fourth-order valence-corrected chi connectivity index (χ4v) is 0.104. The zero-order chi connectivity index (χ0) is 4.12. The molecule has 0 aliphatic carbocycles. The van der Waals surface area contributed by atoms with Crippen molar-refractivity contribution in [1.29, 1.82) is 0 Å². The van der Waals surface area contributed by atoms with Crippen LogP contribution in [0.25, 0.3) is 0 Å². The van der Waals surface area contributed by atoms with E-state index in [0.717, 1.165) is 0 Å². The van der Waals surface area contributed by atoms with E-state index in [-0.39, 0.29) is 6.61 Å². The van der Waals surface area contributed by atoms with Gasteiger partial charge in [0.2, 0.25) is 0 Å². The second-order valence-electron chi connectivity index (χ2n) is 0.496. The van der Waals surface area contributed by atoms with Crippen molar-refractivity contribution in [3.05, 3.63) is 11.6 Å². The van der Waals surface area contributed by atoms with E-state index in [0.29, 0.717) is 0 Å². The number of hydrogen-bond donors (Lipinski definition) is 1. The summed E-state index contributed by atoms with van der Waals surface area (Å²) >= 11 is 4.84. The Labute approximate surface area is 35.9 Å². The van der Waals surface area contributed by atoms with Crippen LogP contribution in [0.2, 0.25) is 0 Å². The van der Waals surface area contributed by atoms with Crippen LogP contribution in [0, 0.1) is 5.54 Å². The molecule has 0 saturated carbocycles. The molecule has 1 N–H and O–H groups in total. The molecule has 0 aromatic heterocycles. The molecule has 0 aliphatic rings. The van der Waals surface area contributed by atoms with E-state index in [4.69, 9.17) is 16.7 Å². The topological polar surface area (TPSA) is 20.2 Å². The van der Waals surface area contributed by atoms with E-state index in [1.165, 1.54) is 6.08 Å². The molecule has 2 heteroatoms. The third kappa shape index (κ3) is 3.99. The lowest BCUT2D eigenvalue weighted by Gasteiger charge is -1.63. The molecule has 0 heterocycles. The van der Waals surface area contributed by atoms with Crippen molar-refractivity contribution in [2.75, 3.05) is 6.61 Å². The van der Waals surface area contributed by atoms with Gasteiger partial charge in [-0.3, -0.25) is 0 Å². The lowest BCUT2D eigenvalue weighted by Crippen LogP contribution is -1.65. The minimum Gasteiger partial charge on any atom is -0.392 e. The van der Waals surface area contributed by atoms with Gasteiger partial charge in [-0.15, -0.1) is 0 Å². The first-order chi connectivity index (χ1) is 2.41. The zero-order valence-corrected chi connectivity index (χ0v) is 3.37. The first kappa shape index (κ1) is 4.99. The number of hydrogen-bond acceptors (Lipinski definition) is 1. The van der Waals surface area contributed by atoms with E-state index in [2.05, 4.69) is 5.54 Å². The Kier molecular flexibility index (Phi) is 3.98. The van der Waals surface area contributed by atoms with Crippen molar-refractivity contribution in [1.82, 2.24) is 0 Å². The Morgan fingerprint density at radius 1 is 2.00 bits per heavy atom. The highest BCUT2D eigenvalue weighted by Crippen LogP contribution is 1.69. The fraction of sp³-hybridized carbons (Fsp3) is 0.333. The highest BCUT2D eigenvalue weighted by Gasteiger charge is 1.55. The van der Waals surface area contributed by atoms with Crippen LogP contribution in [0.3, 0.4) is 0 Å². The molecule has 0 aliphatic heterocycles. The standard InChI is InChI=1S/C3H4ClO/c4-2-1-3-5/h1,5H,3H2. The maximum atomic E-state index is 7.86. The molecule has 0 rings (SSSR count). The van der Waals surface area contributed by atoms with Crippen LogP contribution in [0.4, 0.5) is 0 Å². The van der Waals surface area contributed by atoms with Gasteiger partial charge in [0.1, 0.15) is 0 Å². The fourth-order valence-electron chi connectivity index (χ4n) is 0.0345. The van der Waals surface area contributed by atoms with Gasteiger partial charge in [0, 0.05) is 0 Å². The SMILES string of the molecule is OC/C=[C]/Cl. The number of aliphatic hydroxyl groups is 1. The monoisotopic (exact) mass is 91.0 g/mol. The van der Waals surface area contributed by atoms with Crippen LogP contribution >= 0.6 is 11.6 Å². The molecule has 0 fully saturated rings. The first-order valence-electron chi connectivity index (χ1n) is 1.20. The highest BCUT2D eigenvalue weighted by molar-refractivity contribution is 6.22. The molecular formula is C3H4ClO. The maximum Gasteiger partial charge on any atom is 0.0630 e. The first-order valence-corrected chi connectivity index (χ1v) is 1.58. The molecule has 29 valence electrons. The molecule has 0 aromatic rings. The molecule has 0 spiro atoms. The number of aliphatic hydroxyl groups excluding tert-OH is 1. The van der Waals surface area contributed by atoms with Crippen molar-refractivity contribution in [2.45, 2.75) is 0 Å². The zero-order valence-electron chi connectivity index (χ0n) is 2.61. The van der Waals surface area contributed by atoms with E-state index >= 15 is 0 Å². The van der Waals surface area contributed by atoms with Gasteiger partial charge in [-0.1, -0.05) is 11.6 Å². The normalized spacial score (nSPS) is 10.0. The van der Waals surface area contributed by atoms with Crippen molar-refractivity contribution < 1.29 is 5.11 Å².